The fourth-order valence-electron chi connectivity index (χ4n) is 3.06. The number of hydrogen-bond donors (Lipinski definition) is 0. The minimum Gasteiger partial charge on any atom is -0.356 e. The summed E-state index contributed by atoms with van der Waals surface area (Å²) in [4.78, 5) is 11.3. The maximum absolute atomic E-state index is 11.8. The van der Waals surface area contributed by atoms with Gasteiger partial charge in [0.1, 0.15) is 12.1 Å². The minimum absolute atomic E-state index is 0.319. The summed E-state index contributed by atoms with van der Waals surface area (Å²) in [5.74, 6) is 1.64. The average Bonchev–Trinajstić information content (AvgIpc) is 2.53. The van der Waals surface area contributed by atoms with Crippen LogP contribution in [-0.4, -0.2) is 37.7 Å². The number of rotatable bonds is 3. The Bertz CT molecular complexity index is 781. The molecule has 2 heterocycles. The van der Waals surface area contributed by atoms with Crippen LogP contribution in [0.4, 0.5) is 5.82 Å². The van der Waals surface area contributed by atoms with E-state index >= 15 is 0 Å². The van der Waals surface area contributed by atoms with Crippen LogP contribution < -0.4 is 4.90 Å². The molecule has 5 nitrogen and oxygen atoms in total. The van der Waals surface area contributed by atoms with Gasteiger partial charge in [0.15, 0.2) is 9.84 Å². The summed E-state index contributed by atoms with van der Waals surface area (Å²) in [6.07, 6.45) is 6.33. The van der Waals surface area contributed by atoms with E-state index < -0.39 is 9.84 Å². The summed E-state index contributed by atoms with van der Waals surface area (Å²) in [5.41, 5.74) is 0.787. The molecular formula is C16H21N3O2S. The fourth-order valence-corrected chi connectivity index (χ4v) is 3.70. The van der Waals surface area contributed by atoms with Crippen LogP contribution in [0.2, 0.25) is 0 Å². The van der Waals surface area contributed by atoms with Crippen LogP contribution in [-0.2, 0) is 9.84 Å². The van der Waals surface area contributed by atoms with Crippen molar-refractivity contribution in [2.75, 3.05) is 24.2 Å². The van der Waals surface area contributed by atoms with Gasteiger partial charge in [-0.05, 0) is 37.0 Å². The molecule has 0 bridgehead atoms. The van der Waals surface area contributed by atoms with Crippen molar-refractivity contribution in [3.63, 3.8) is 0 Å². The molecule has 1 aliphatic heterocycles. The van der Waals surface area contributed by atoms with Gasteiger partial charge in [0, 0.05) is 24.7 Å². The van der Waals surface area contributed by atoms with E-state index in [1.54, 1.807) is 24.5 Å². The lowest BCUT2D eigenvalue weighted by Gasteiger charge is -2.32. The Morgan fingerprint density at radius 1 is 1.23 bits per heavy atom. The Hall–Kier alpha value is -1.69. The number of piperidine rings is 1. The van der Waals surface area contributed by atoms with Crippen molar-refractivity contribution in [1.82, 2.24) is 9.97 Å². The first kappa shape index (κ1) is 15.2. The van der Waals surface area contributed by atoms with Gasteiger partial charge in [-0.25, -0.2) is 18.4 Å². The Labute approximate surface area is 131 Å². The van der Waals surface area contributed by atoms with Crippen molar-refractivity contribution in [3.8, 4) is 0 Å². The quantitative estimate of drug-likeness (QED) is 0.870. The molecule has 0 atom stereocenters. The third-order valence-electron chi connectivity index (χ3n) is 4.51. The Balaban J connectivity index is 2.02. The lowest BCUT2D eigenvalue weighted by atomic mass is 9.94. The van der Waals surface area contributed by atoms with E-state index in [-0.39, 0.29) is 0 Å². The minimum atomic E-state index is -3.23. The highest BCUT2D eigenvalue weighted by atomic mass is 32.2. The van der Waals surface area contributed by atoms with Crippen LogP contribution in [0, 0.1) is 5.92 Å². The van der Waals surface area contributed by atoms with Crippen molar-refractivity contribution in [2.24, 2.45) is 5.92 Å². The number of benzene rings is 1. The van der Waals surface area contributed by atoms with Crippen molar-refractivity contribution in [3.05, 3.63) is 24.5 Å². The molecule has 2 aromatic rings. The first-order valence-corrected chi connectivity index (χ1v) is 9.58. The second-order valence-electron chi connectivity index (χ2n) is 5.99. The maximum atomic E-state index is 11.8. The van der Waals surface area contributed by atoms with Crippen molar-refractivity contribution in [1.29, 1.82) is 0 Å². The molecule has 0 spiro atoms. The molecule has 0 saturated carbocycles. The zero-order valence-electron chi connectivity index (χ0n) is 13.0. The second-order valence-corrected chi connectivity index (χ2v) is 8.00. The van der Waals surface area contributed by atoms with E-state index in [1.165, 1.54) is 12.7 Å². The van der Waals surface area contributed by atoms with Gasteiger partial charge in [-0.15, -0.1) is 0 Å². The highest BCUT2D eigenvalue weighted by molar-refractivity contribution is 7.90. The van der Waals surface area contributed by atoms with E-state index in [1.807, 2.05) is 0 Å². The number of fused-ring (bicyclic) bond motifs is 1. The van der Waals surface area contributed by atoms with Gasteiger partial charge >= 0.3 is 0 Å². The van der Waals surface area contributed by atoms with E-state index in [2.05, 4.69) is 21.8 Å². The van der Waals surface area contributed by atoms with Gasteiger partial charge in [0.25, 0.3) is 0 Å². The normalized spacial score (nSPS) is 17.1. The summed E-state index contributed by atoms with van der Waals surface area (Å²) >= 11 is 0. The molecule has 22 heavy (non-hydrogen) atoms. The molecule has 0 unspecified atom stereocenters. The average molecular weight is 319 g/mol. The van der Waals surface area contributed by atoms with Crippen LogP contribution in [0.5, 0.6) is 0 Å². The standard InChI is InChI=1S/C16H21N3O2S/c1-3-12-6-8-19(9-7-12)16-14-10-13(22(2,20)21)4-5-15(14)17-11-18-16/h4-5,10-12H,3,6-9H2,1-2H3. The fraction of sp³-hybridized carbons (Fsp3) is 0.500. The molecule has 6 heteroatoms. The third-order valence-corrected chi connectivity index (χ3v) is 5.62. The lowest BCUT2D eigenvalue weighted by Crippen LogP contribution is -2.34. The summed E-state index contributed by atoms with van der Waals surface area (Å²) in [5, 5.41) is 0.820. The topological polar surface area (TPSA) is 63.2 Å². The van der Waals surface area contributed by atoms with Crippen LogP contribution in [0.25, 0.3) is 10.9 Å². The first-order chi connectivity index (χ1) is 10.5. The molecule has 0 radical (unpaired) electrons. The predicted octanol–water partition coefficient (Wildman–Crippen LogP) is 2.66. The maximum Gasteiger partial charge on any atom is 0.175 e. The highest BCUT2D eigenvalue weighted by Crippen LogP contribution is 2.29. The second kappa shape index (κ2) is 5.83. The molecule has 1 aromatic heterocycles. The van der Waals surface area contributed by atoms with Crippen molar-refractivity contribution in [2.45, 2.75) is 31.1 Å². The zero-order valence-corrected chi connectivity index (χ0v) is 13.8. The molecule has 1 aliphatic rings. The first-order valence-electron chi connectivity index (χ1n) is 7.69. The Morgan fingerprint density at radius 2 is 1.95 bits per heavy atom. The van der Waals surface area contributed by atoms with Crippen LogP contribution in [0.1, 0.15) is 26.2 Å². The van der Waals surface area contributed by atoms with Gasteiger partial charge in [-0.2, -0.15) is 0 Å². The summed E-state index contributed by atoms with van der Waals surface area (Å²) < 4.78 is 23.6. The van der Waals surface area contributed by atoms with E-state index in [0.29, 0.717) is 4.90 Å². The smallest absolute Gasteiger partial charge is 0.175 e. The van der Waals surface area contributed by atoms with Gasteiger partial charge in [0.2, 0.25) is 0 Å². The summed E-state index contributed by atoms with van der Waals surface area (Å²) in [7, 11) is -3.23. The number of anilines is 1. The molecule has 3 rings (SSSR count). The van der Waals surface area contributed by atoms with Gasteiger partial charge < -0.3 is 4.90 Å². The molecule has 0 amide bonds. The highest BCUT2D eigenvalue weighted by Gasteiger charge is 2.21. The summed E-state index contributed by atoms with van der Waals surface area (Å²) in [6.45, 7) is 4.17. The Kier molecular flexibility index (Phi) is 4.04. The molecule has 118 valence electrons. The van der Waals surface area contributed by atoms with Crippen LogP contribution >= 0.6 is 0 Å². The van der Waals surface area contributed by atoms with E-state index in [4.69, 9.17) is 0 Å². The van der Waals surface area contributed by atoms with Crippen LogP contribution in [0.15, 0.2) is 29.4 Å². The largest absolute Gasteiger partial charge is 0.356 e. The van der Waals surface area contributed by atoms with Crippen molar-refractivity contribution >= 4 is 26.6 Å². The predicted molar refractivity (Wildman–Crippen MR) is 87.9 cm³/mol. The molecule has 1 fully saturated rings. The molecule has 1 saturated heterocycles. The van der Waals surface area contributed by atoms with Gasteiger partial charge in [0.05, 0.1) is 10.4 Å². The molecule has 1 aromatic carbocycles. The van der Waals surface area contributed by atoms with Gasteiger partial charge in [-0.3, -0.25) is 0 Å². The monoisotopic (exact) mass is 319 g/mol. The zero-order chi connectivity index (χ0) is 15.7. The number of nitrogens with zero attached hydrogens (tertiary/aromatic N) is 3. The van der Waals surface area contributed by atoms with Gasteiger partial charge in [-0.1, -0.05) is 13.3 Å². The molecular weight excluding hydrogens is 298 g/mol. The number of hydrogen-bond acceptors (Lipinski definition) is 5. The third kappa shape index (κ3) is 2.92. The van der Waals surface area contributed by atoms with Crippen molar-refractivity contribution < 1.29 is 8.42 Å². The van der Waals surface area contributed by atoms with E-state index in [9.17, 15) is 8.42 Å². The SMILES string of the molecule is CCC1CCN(c2ncnc3ccc(S(C)(=O)=O)cc23)CC1. The number of aromatic nitrogens is 2. The molecule has 0 N–H and O–H groups in total. The summed E-state index contributed by atoms with van der Waals surface area (Å²) in [6, 6.07) is 5.07. The van der Waals surface area contributed by atoms with Crippen LogP contribution in [0.3, 0.4) is 0 Å². The Morgan fingerprint density at radius 3 is 2.59 bits per heavy atom. The number of sulfone groups is 1. The lowest BCUT2D eigenvalue weighted by molar-refractivity contribution is 0.394. The van der Waals surface area contributed by atoms with E-state index in [0.717, 1.165) is 48.6 Å². The molecule has 0 aliphatic carbocycles.